The number of sulfonamides is 1. The minimum absolute atomic E-state index is 0.302. The topological polar surface area (TPSA) is 58.4 Å². The Morgan fingerprint density at radius 3 is 2.52 bits per heavy atom. The van der Waals surface area contributed by atoms with Gasteiger partial charge < -0.3 is 4.57 Å². The van der Waals surface area contributed by atoms with Gasteiger partial charge >= 0.3 is 0 Å². The Morgan fingerprint density at radius 1 is 1.16 bits per heavy atom. The van der Waals surface area contributed by atoms with E-state index in [1.165, 1.54) is 23.6 Å². The van der Waals surface area contributed by atoms with Gasteiger partial charge in [-0.1, -0.05) is 13.3 Å². The number of fused-ring (bicyclic) bond motifs is 1. The van der Waals surface area contributed by atoms with Crippen LogP contribution in [0.1, 0.15) is 38.4 Å². The zero-order chi connectivity index (χ0) is 18.0. The molecule has 0 aliphatic carbocycles. The largest absolute Gasteiger partial charge is 0.327 e. The van der Waals surface area contributed by atoms with Crippen molar-refractivity contribution in [2.45, 2.75) is 50.6 Å². The molecule has 1 aliphatic heterocycles. The van der Waals surface area contributed by atoms with Crippen LogP contribution in [0.3, 0.4) is 0 Å². The molecule has 2 aromatic rings. The predicted octanol–water partition coefficient (Wildman–Crippen LogP) is 2.68. The van der Waals surface area contributed by atoms with E-state index in [2.05, 4.69) is 16.4 Å². The summed E-state index contributed by atoms with van der Waals surface area (Å²) in [5.74, 6) is 1.04. The summed E-state index contributed by atoms with van der Waals surface area (Å²) < 4.78 is 28.3. The molecule has 6 nitrogen and oxygen atoms in total. The van der Waals surface area contributed by atoms with Crippen molar-refractivity contribution in [2.24, 2.45) is 0 Å². The second-order valence-electron chi connectivity index (χ2n) is 6.95. The summed E-state index contributed by atoms with van der Waals surface area (Å²) in [6, 6.07) is 5.29. The van der Waals surface area contributed by atoms with Crippen LogP contribution in [0, 0.1) is 0 Å². The first kappa shape index (κ1) is 18.4. The standard InChI is InChI=1S/C18H28N4O2S/c1-4-10-22-17-9-8-15(25(23,24)20(2)3)13-16(17)19-18(22)14-21-11-6-5-7-12-21/h8-9,13H,4-7,10-12,14H2,1-3H3. The summed E-state index contributed by atoms with van der Waals surface area (Å²) in [6.45, 7) is 6.14. The van der Waals surface area contributed by atoms with Gasteiger partial charge in [0.1, 0.15) is 5.82 Å². The highest BCUT2D eigenvalue weighted by Gasteiger charge is 2.20. The Labute approximate surface area is 150 Å². The van der Waals surface area contributed by atoms with E-state index in [1.54, 1.807) is 26.2 Å². The SMILES string of the molecule is CCCn1c(CN2CCCCC2)nc2cc(S(=O)(=O)N(C)C)ccc21. The zero-order valence-corrected chi connectivity index (χ0v) is 16.2. The molecule has 7 heteroatoms. The van der Waals surface area contributed by atoms with E-state index < -0.39 is 10.0 Å². The number of imidazole rings is 1. The van der Waals surface area contributed by atoms with Crippen molar-refractivity contribution in [1.82, 2.24) is 18.8 Å². The number of hydrogen-bond donors (Lipinski definition) is 0. The van der Waals surface area contributed by atoms with E-state index in [9.17, 15) is 8.42 Å². The predicted molar refractivity (Wildman–Crippen MR) is 100 cm³/mol. The maximum Gasteiger partial charge on any atom is 0.242 e. The second kappa shape index (κ2) is 7.43. The molecule has 1 saturated heterocycles. The average Bonchev–Trinajstić information content (AvgIpc) is 2.92. The van der Waals surface area contributed by atoms with Crippen molar-refractivity contribution >= 4 is 21.1 Å². The Kier molecular flexibility index (Phi) is 5.46. The number of nitrogens with zero attached hydrogens (tertiary/aromatic N) is 4. The normalized spacial score (nSPS) is 16.8. The summed E-state index contributed by atoms with van der Waals surface area (Å²) in [5.41, 5.74) is 1.79. The van der Waals surface area contributed by atoms with E-state index in [4.69, 9.17) is 4.98 Å². The van der Waals surface area contributed by atoms with Crippen LogP contribution < -0.4 is 0 Å². The van der Waals surface area contributed by atoms with Gasteiger partial charge in [0.15, 0.2) is 0 Å². The number of aromatic nitrogens is 2. The lowest BCUT2D eigenvalue weighted by Crippen LogP contribution is -2.30. The van der Waals surface area contributed by atoms with Gasteiger partial charge in [-0.05, 0) is 50.6 Å². The van der Waals surface area contributed by atoms with E-state index >= 15 is 0 Å². The first-order valence-corrected chi connectivity index (χ1v) is 10.5. The molecule has 0 radical (unpaired) electrons. The number of aryl methyl sites for hydroxylation is 1. The fraction of sp³-hybridized carbons (Fsp3) is 0.611. The quantitative estimate of drug-likeness (QED) is 0.791. The molecule has 0 saturated carbocycles. The van der Waals surface area contributed by atoms with Gasteiger partial charge in [-0.15, -0.1) is 0 Å². The van der Waals surface area contributed by atoms with Crippen LogP contribution in [0.25, 0.3) is 11.0 Å². The fourth-order valence-corrected chi connectivity index (χ4v) is 4.36. The van der Waals surface area contributed by atoms with E-state index in [-0.39, 0.29) is 0 Å². The zero-order valence-electron chi connectivity index (χ0n) is 15.4. The summed E-state index contributed by atoms with van der Waals surface area (Å²) >= 11 is 0. The van der Waals surface area contributed by atoms with Gasteiger partial charge in [0, 0.05) is 20.6 Å². The molecule has 138 valence electrons. The molecule has 0 bridgehead atoms. The molecular weight excluding hydrogens is 336 g/mol. The third kappa shape index (κ3) is 3.73. The number of hydrogen-bond acceptors (Lipinski definition) is 4. The Bertz CT molecular complexity index is 836. The highest BCUT2D eigenvalue weighted by atomic mass is 32.2. The molecule has 2 heterocycles. The number of likely N-dealkylation sites (tertiary alicyclic amines) is 1. The first-order chi connectivity index (χ1) is 11.9. The molecule has 25 heavy (non-hydrogen) atoms. The highest BCUT2D eigenvalue weighted by Crippen LogP contribution is 2.24. The van der Waals surface area contributed by atoms with Crippen LogP contribution in [0.4, 0.5) is 0 Å². The third-order valence-electron chi connectivity index (χ3n) is 4.84. The molecule has 3 rings (SSSR count). The van der Waals surface area contributed by atoms with Gasteiger partial charge in [-0.2, -0.15) is 0 Å². The summed E-state index contributed by atoms with van der Waals surface area (Å²) in [6.07, 6.45) is 4.84. The monoisotopic (exact) mass is 364 g/mol. The van der Waals surface area contributed by atoms with Gasteiger partial charge in [-0.3, -0.25) is 4.90 Å². The number of piperidine rings is 1. The second-order valence-corrected chi connectivity index (χ2v) is 9.11. The molecule has 0 N–H and O–H groups in total. The first-order valence-electron chi connectivity index (χ1n) is 9.07. The smallest absolute Gasteiger partial charge is 0.242 e. The summed E-state index contributed by atoms with van der Waals surface area (Å²) in [4.78, 5) is 7.55. The molecule has 0 amide bonds. The minimum atomic E-state index is -3.44. The van der Waals surface area contributed by atoms with Crippen molar-refractivity contribution in [2.75, 3.05) is 27.2 Å². The number of rotatable bonds is 6. The molecule has 1 aromatic heterocycles. The van der Waals surface area contributed by atoms with Gasteiger partial charge in [0.05, 0.1) is 22.5 Å². The van der Waals surface area contributed by atoms with E-state index in [1.807, 2.05) is 6.07 Å². The Morgan fingerprint density at radius 2 is 1.88 bits per heavy atom. The van der Waals surface area contributed by atoms with Crippen LogP contribution in [-0.4, -0.2) is 54.4 Å². The Balaban J connectivity index is 2.00. The summed E-state index contributed by atoms with van der Waals surface area (Å²) in [7, 11) is -0.333. The van der Waals surface area contributed by atoms with Crippen molar-refractivity contribution in [3.63, 3.8) is 0 Å². The molecular formula is C18H28N4O2S. The third-order valence-corrected chi connectivity index (χ3v) is 6.65. The highest BCUT2D eigenvalue weighted by molar-refractivity contribution is 7.89. The van der Waals surface area contributed by atoms with Crippen molar-refractivity contribution in [3.8, 4) is 0 Å². The fourth-order valence-electron chi connectivity index (χ4n) is 3.44. The Hall–Kier alpha value is -1.44. The van der Waals surface area contributed by atoms with Crippen LogP contribution >= 0.6 is 0 Å². The summed E-state index contributed by atoms with van der Waals surface area (Å²) in [5, 5.41) is 0. The molecule has 0 spiro atoms. The lowest BCUT2D eigenvalue weighted by molar-refractivity contribution is 0.213. The molecule has 1 fully saturated rings. The van der Waals surface area contributed by atoms with Crippen LogP contribution in [-0.2, 0) is 23.1 Å². The molecule has 1 aliphatic rings. The van der Waals surface area contributed by atoms with Gasteiger partial charge in [0.25, 0.3) is 0 Å². The lowest BCUT2D eigenvalue weighted by atomic mass is 10.1. The van der Waals surface area contributed by atoms with Crippen LogP contribution in [0.15, 0.2) is 23.1 Å². The van der Waals surface area contributed by atoms with Crippen LogP contribution in [0.5, 0.6) is 0 Å². The minimum Gasteiger partial charge on any atom is -0.327 e. The molecule has 0 unspecified atom stereocenters. The molecule has 0 atom stereocenters. The molecule has 1 aromatic carbocycles. The van der Waals surface area contributed by atoms with Crippen molar-refractivity contribution in [3.05, 3.63) is 24.0 Å². The van der Waals surface area contributed by atoms with Crippen molar-refractivity contribution in [1.29, 1.82) is 0 Å². The van der Waals surface area contributed by atoms with E-state index in [0.29, 0.717) is 4.90 Å². The van der Waals surface area contributed by atoms with E-state index in [0.717, 1.165) is 49.5 Å². The van der Waals surface area contributed by atoms with Crippen molar-refractivity contribution < 1.29 is 8.42 Å². The van der Waals surface area contributed by atoms with Gasteiger partial charge in [0.2, 0.25) is 10.0 Å². The maximum absolute atomic E-state index is 12.4. The maximum atomic E-state index is 12.4. The lowest BCUT2D eigenvalue weighted by Gasteiger charge is -2.26. The number of benzene rings is 1. The van der Waals surface area contributed by atoms with Gasteiger partial charge in [-0.25, -0.2) is 17.7 Å². The average molecular weight is 365 g/mol. The van der Waals surface area contributed by atoms with Crippen LogP contribution in [0.2, 0.25) is 0 Å².